The van der Waals surface area contributed by atoms with E-state index in [-0.39, 0.29) is 11.4 Å². The molecular formula is C25H24F3NO6S. The number of nitrogens with one attached hydrogen (secondary N) is 1. The summed E-state index contributed by atoms with van der Waals surface area (Å²) >= 11 is 0. The van der Waals surface area contributed by atoms with E-state index >= 15 is 0 Å². The van der Waals surface area contributed by atoms with Gasteiger partial charge in [0.05, 0.1) is 44.6 Å². The van der Waals surface area contributed by atoms with Crippen molar-refractivity contribution in [3.05, 3.63) is 71.3 Å². The number of sulfonamides is 1. The number of rotatable bonds is 9. The Morgan fingerprint density at radius 3 is 1.92 bits per heavy atom. The second kappa shape index (κ2) is 10.8. The lowest BCUT2D eigenvalue weighted by molar-refractivity contribution is -0.137. The Labute approximate surface area is 207 Å². The number of methoxy groups -OCH3 is 4. The Morgan fingerprint density at radius 1 is 0.750 bits per heavy atom. The predicted octanol–water partition coefficient (Wildman–Crippen LogP) is 5.71. The summed E-state index contributed by atoms with van der Waals surface area (Å²) in [6, 6.07) is 11.7. The van der Waals surface area contributed by atoms with E-state index in [0.717, 1.165) is 18.2 Å². The van der Waals surface area contributed by atoms with Crippen LogP contribution in [0.3, 0.4) is 0 Å². The van der Waals surface area contributed by atoms with E-state index in [1.165, 1.54) is 34.5 Å². The average molecular weight is 524 g/mol. The lowest BCUT2D eigenvalue weighted by atomic mass is 10.1. The van der Waals surface area contributed by atoms with Crippen LogP contribution in [0.2, 0.25) is 0 Å². The lowest BCUT2D eigenvalue weighted by Gasteiger charge is -2.14. The fourth-order valence-corrected chi connectivity index (χ4v) is 4.45. The molecule has 0 aromatic heterocycles. The number of anilines is 1. The maximum atomic E-state index is 13.1. The van der Waals surface area contributed by atoms with Gasteiger partial charge in [0, 0.05) is 0 Å². The Bertz CT molecular complexity index is 1350. The van der Waals surface area contributed by atoms with Gasteiger partial charge in [-0.15, -0.1) is 0 Å². The minimum atomic E-state index is -4.68. The van der Waals surface area contributed by atoms with Gasteiger partial charge in [-0.1, -0.05) is 24.3 Å². The molecule has 36 heavy (non-hydrogen) atoms. The van der Waals surface area contributed by atoms with Crippen molar-refractivity contribution in [3.63, 3.8) is 0 Å². The second-order valence-electron chi connectivity index (χ2n) is 7.38. The van der Waals surface area contributed by atoms with Crippen LogP contribution < -0.4 is 23.7 Å². The molecule has 3 aromatic carbocycles. The molecule has 0 atom stereocenters. The van der Waals surface area contributed by atoms with Gasteiger partial charge in [0.2, 0.25) is 5.75 Å². The van der Waals surface area contributed by atoms with E-state index in [1.54, 1.807) is 36.4 Å². The van der Waals surface area contributed by atoms with Crippen LogP contribution in [0.25, 0.3) is 12.2 Å². The summed E-state index contributed by atoms with van der Waals surface area (Å²) in [4.78, 5) is -0.530. The van der Waals surface area contributed by atoms with Gasteiger partial charge >= 0.3 is 6.18 Å². The number of hydrogen-bond acceptors (Lipinski definition) is 6. The van der Waals surface area contributed by atoms with E-state index in [4.69, 9.17) is 18.9 Å². The summed E-state index contributed by atoms with van der Waals surface area (Å²) in [5.74, 6) is 1.55. The summed E-state index contributed by atoms with van der Waals surface area (Å²) in [5.41, 5.74) is 0.291. The highest BCUT2D eigenvalue weighted by Gasteiger charge is 2.31. The first-order valence-electron chi connectivity index (χ1n) is 10.4. The van der Waals surface area contributed by atoms with Crippen molar-refractivity contribution in [1.82, 2.24) is 0 Å². The molecule has 0 heterocycles. The summed E-state index contributed by atoms with van der Waals surface area (Å²) in [7, 11) is 1.50. The van der Waals surface area contributed by atoms with Crippen LogP contribution in [-0.4, -0.2) is 36.9 Å². The van der Waals surface area contributed by atoms with Crippen molar-refractivity contribution >= 4 is 27.9 Å². The Hall–Kier alpha value is -3.86. The molecule has 0 fully saturated rings. The maximum Gasteiger partial charge on any atom is 0.416 e. The minimum Gasteiger partial charge on any atom is -0.495 e. The highest BCUT2D eigenvalue weighted by molar-refractivity contribution is 7.92. The number of ether oxygens (including phenoxy) is 4. The second-order valence-corrected chi connectivity index (χ2v) is 9.07. The highest BCUT2D eigenvalue weighted by Crippen LogP contribution is 2.39. The topological polar surface area (TPSA) is 83.1 Å². The van der Waals surface area contributed by atoms with E-state index in [2.05, 4.69) is 4.72 Å². The van der Waals surface area contributed by atoms with Crippen molar-refractivity contribution in [3.8, 4) is 23.0 Å². The number of halogens is 3. The summed E-state index contributed by atoms with van der Waals surface area (Å²) in [6.07, 6.45) is -1.22. The monoisotopic (exact) mass is 523 g/mol. The van der Waals surface area contributed by atoms with Crippen LogP contribution in [0.1, 0.15) is 16.7 Å². The Kier molecular flexibility index (Phi) is 8.03. The molecule has 192 valence electrons. The number of hydrogen-bond donors (Lipinski definition) is 1. The third-order valence-electron chi connectivity index (χ3n) is 5.09. The summed E-state index contributed by atoms with van der Waals surface area (Å²) < 4.78 is 88.4. The Balaban J connectivity index is 1.94. The van der Waals surface area contributed by atoms with Crippen LogP contribution in [0.5, 0.6) is 23.0 Å². The molecule has 0 saturated heterocycles. The van der Waals surface area contributed by atoms with E-state index < -0.39 is 26.7 Å². The van der Waals surface area contributed by atoms with Crippen LogP contribution in [0.4, 0.5) is 18.9 Å². The first-order chi connectivity index (χ1) is 17.0. The number of alkyl halides is 3. The fourth-order valence-electron chi connectivity index (χ4n) is 3.34. The third kappa shape index (κ3) is 6.03. The molecule has 0 aliphatic heterocycles. The van der Waals surface area contributed by atoms with Crippen molar-refractivity contribution < 1.29 is 40.5 Å². The SMILES string of the molecule is COc1ccc(/C=C\c2cc(OC)c(OC)c(OC)c2)cc1NS(=O)(=O)c1cccc(C(F)(F)F)c1. The molecule has 1 N–H and O–H groups in total. The molecule has 0 radical (unpaired) electrons. The van der Waals surface area contributed by atoms with E-state index in [9.17, 15) is 21.6 Å². The molecule has 3 aromatic rings. The first-order valence-corrected chi connectivity index (χ1v) is 11.9. The van der Waals surface area contributed by atoms with Gasteiger partial charge in [-0.25, -0.2) is 8.42 Å². The first kappa shape index (κ1) is 26.7. The van der Waals surface area contributed by atoms with Gasteiger partial charge in [-0.3, -0.25) is 4.72 Å². The van der Waals surface area contributed by atoms with Crippen LogP contribution in [-0.2, 0) is 16.2 Å². The lowest BCUT2D eigenvalue weighted by Crippen LogP contribution is -2.15. The van der Waals surface area contributed by atoms with Crippen molar-refractivity contribution in [2.75, 3.05) is 33.2 Å². The van der Waals surface area contributed by atoms with E-state index in [0.29, 0.717) is 34.4 Å². The maximum absolute atomic E-state index is 13.1. The molecule has 11 heteroatoms. The van der Waals surface area contributed by atoms with Gasteiger partial charge in [0.25, 0.3) is 10.0 Å². The van der Waals surface area contributed by atoms with Crippen molar-refractivity contribution in [2.45, 2.75) is 11.1 Å². The molecule has 3 rings (SSSR count). The standard InChI is InChI=1S/C25H24F3NO6S/c1-32-21-11-10-16(8-9-17-13-22(33-2)24(35-4)23(14-17)34-3)12-20(21)29-36(30,31)19-7-5-6-18(15-19)25(26,27)28/h5-15,29H,1-4H3/b9-8-. The smallest absolute Gasteiger partial charge is 0.416 e. The minimum absolute atomic E-state index is 0.0574. The molecule has 0 aliphatic rings. The van der Waals surface area contributed by atoms with Crippen molar-refractivity contribution in [1.29, 1.82) is 0 Å². The highest BCUT2D eigenvalue weighted by atomic mass is 32.2. The normalized spacial score (nSPS) is 11.9. The zero-order valence-electron chi connectivity index (χ0n) is 19.8. The van der Waals surface area contributed by atoms with Crippen molar-refractivity contribution in [2.24, 2.45) is 0 Å². The van der Waals surface area contributed by atoms with Gasteiger partial charge in [0.1, 0.15) is 5.75 Å². The quantitative estimate of drug-likeness (QED) is 0.362. The summed E-state index contributed by atoms with van der Waals surface area (Å²) in [5, 5.41) is 0. The zero-order valence-corrected chi connectivity index (χ0v) is 20.7. The van der Waals surface area contributed by atoms with Crippen LogP contribution >= 0.6 is 0 Å². The van der Waals surface area contributed by atoms with Gasteiger partial charge in [-0.05, 0) is 53.6 Å². The number of benzene rings is 3. The summed E-state index contributed by atoms with van der Waals surface area (Å²) in [6.45, 7) is 0. The zero-order chi connectivity index (χ0) is 26.5. The Morgan fingerprint density at radius 2 is 1.36 bits per heavy atom. The van der Waals surface area contributed by atoms with E-state index in [1.807, 2.05) is 0 Å². The van der Waals surface area contributed by atoms with Crippen LogP contribution in [0.15, 0.2) is 59.5 Å². The van der Waals surface area contributed by atoms with Gasteiger partial charge in [-0.2, -0.15) is 13.2 Å². The van der Waals surface area contributed by atoms with Gasteiger partial charge < -0.3 is 18.9 Å². The molecule has 0 saturated carbocycles. The van der Waals surface area contributed by atoms with Gasteiger partial charge in [0.15, 0.2) is 11.5 Å². The third-order valence-corrected chi connectivity index (χ3v) is 6.46. The molecule has 0 spiro atoms. The average Bonchev–Trinajstić information content (AvgIpc) is 2.86. The van der Waals surface area contributed by atoms with Crippen LogP contribution in [0, 0.1) is 0 Å². The molecule has 0 aliphatic carbocycles. The molecule has 7 nitrogen and oxygen atoms in total. The molecule has 0 bridgehead atoms. The molecule has 0 amide bonds. The fraction of sp³-hybridized carbons (Fsp3) is 0.200. The predicted molar refractivity (Wildman–Crippen MR) is 130 cm³/mol. The largest absolute Gasteiger partial charge is 0.495 e. The molecule has 0 unspecified atom stereocenters. The molecular weight excluding hydrogens is 499 g/mol.